The molecule has 4 aliphatic rings. The quantitative estimate of drug-likeness (QED) is 0.815. The van der Waals surface area contributed by atoms with Gasteiger partial charge in [-0.2, -0.15) is 0 Å². The summed E-state index contributed by atoms with van der Waals surface area (Å²) in [6, 6.07) is 0.175. The lowest BCUT2D eigenvalue weighted by atomic mass is 9.50. The highest BCUT2D eigenvalue weighted by Gasteiger charge is 2.50. The van der Waals surface area contributed by atoms with Crippen LogP contribution in [0.25, 0.3) is 0 Å². The minimum Gasteiger partial charge on any atom is -0.334 e. The molecule has 4 fully saturated rings. The molecule has 0 spiro atoms. The zero-order valence-corrected chi connectivity index (χ0v) is 12.1. The van der Waals surface area contributed by atoms with Crippen molar-refractivity contribution in [1.29, 1.82) is 0 Å². The molecule has 4 heteroatoms. The van der Waals surface area contributed by atoms with E-state index in [9.17, 15) is 4.79 Å². The van der Waals surface area contributed by atoms with Crippen LogP contribution in [0.2, 0.25) is 0 Å². The first-order valence-electron chi connectivity index (χ1n) is 7.76. The molecule has 4 bridgehead atoms. The first-order valence-corrected chi connectivity index (χ1v) is 7.76. The molecule has 0 radical (unpaired) electrons. The topological polar surface area (TPSA) is 58.4 Å². The van der Waals surface area contributed by atoms with Gasteiger partial charge in [-0.1, -0.05) is 0 Å². The highest BCUT2D eigenvalue weighted by atomic mass is 16.2. The van der Waals surface area contributed by atoms with Crippen molar-refractivity contribution < 1.29 is 4.79 Å². The van der Waals surface area contributed by atoms with Crippen LogP contribution in [0.1, 0.15) is 32.1 Å². The molecule has 108 valence electrons. The van der Waals surface area contributed by atoms with E-state index in [1.807, 2.05) is 0 Å². The summed E-state index contributed by atoms with van der Waals surface area (Å²) in [4.78, 5) is 13.5. The van der Waals surface area contributed by atoms with E-state index in [0.717, 1.165) is 23.7 Å². The maximum absolute atomic E-state index is 11.9. The normalized spacial score (nSPS) is 41.1. The monoisotopic (exact) mass is 265 g/mol. The lowest BCUT2D eigenvalue weighted by molar-refractivity contribution is -0.0491. The van der Waals surface area contributed by atoms with Gasteiger partial charge in [0.2, 0.25) is 0 Å². The Morgan fingerprint density at radius 3 is 2.11 bits per heavy atom. The van der Waals surface area contributed by atoms with Crippen molar-refractivity contribution >= 4 is 6.03 Å². The number of nitrogens with one attached hydrogen (secondary N) is 1. The second-order valence-electron chi connectivity index (χ2n) is 7.19. The van der Waals surface area contributed by atoms with Crippen LogP contribution in [0.4, 0.5) is 4.79 Å². The molecule has 0 saturated heterocycles. The summed E-state index contributed by atoms with van der Waals surface area (Å²) < 4.78 is 0. The van der Waals surface area contributed by atoms with Crippen molar-refractivity contribution in [2.24, 2.45) is 35.3 Å². The first kappa shape index (κ1) is 13.2. The van der Waals surface area contributed by atoms with Crippen LogP contribution in [0.3, 0.4) is 0 Å². The maximum Gasteiger partial charge on any atom is 0.317 e. The van der Waals surface area contributed by atoms with Crippen molar-refractivity contribution in [2.45, 2.75) is 38.1 Å². The van der Waals surface area contributed by atoms with E-state index in [2.05, 4.69) is 5.32 Å². The smallest absolute Gasteiger partial charge is 0.317 e. The molecule has 0 aromatic carbocycles. The van der Waals surface area contributed by atoms with Gasteiger partial charge in [0.05, 0.1) is 0 Å². The fourth-order valence-corrected chi connectivity index (χ4v) is 5.22. The Balaban J connectivity index is 1.71. The molecule has 1 unspecified atom stereocenters. The number of hydrogen-bond acceptors (Lipinski definition) is 2. The Hall–Kier alpha value is -0.770. The number of rotatable bonds is 3. The first-order chi connectivity index (χ1) is 9.08. The van der Waals surface area contributed by atoms with Crippen molar-refractivity contribution in [3.8, 4) is 0 Å². The molecule has 4 rings (SSSR count). The molecule has 0 aliphatic heterocycles. The molecule has 0 aromatic rings. The fourth-order valence-electron chi connectivity index (χ4n) is 5.22. The van der Waals surface area contributed by atoms with Gasteiger partial charge in [0, 0.05) is 26.7 Å². The van der Waals surface area contributed by atoms with Gasteiger partial charge >= 0.3 is 6.03 Å². The zero-order valence-electron chi connectivity index (χ0n) is 12.1. The van der Waals surface area contributed by atoms with Crippen LogP contribution in [0.15, 0.2) is 0 Å². The zero-order chi connectivity index (χ0) is 13.6. The van der Waals surface area contributed by atoms with Gasteiger partial charge in [0.1, 0.15) is 0 Å². The van der Waals surface area contributed by atoms with Crippen LogP contribution in [-0.4, -0.2) is 37.6 Å². The number of nitrogens with zero attached hydrogens (tertiary/aromatic N) is 1. The molecule has 0 heterocycles. The van der Waals surface area contributed by atoms with E-state index in [0.29, 0.717) is 12.5 Å². The van der Waals surface area contributed by atoms with Crippen molar-refractivity contribution in [3.05, 3.63) is 0 Å². The Morgan fingerprint density at radius 2 is 1.68 bits per heavy atom. The van der Waals surface area contributed by atoms with E-state index < -0.39 is 0 Å². The minimum atomic E-state index is 0.00394. The predicted molar refractivity (Wildman–Crippen MR) is 75.6 cm³/mol. The Bertz CT molecular complexity index is 327. The summed E-state index contributed by atoms with van der Waals surface area (Å²) in [5.74, 6) is 4.20. The summed E-state index contributed by atoms with van der Waals surface area (Å²) in [6.07, 6.45) is 6.99. The summed E-state index contributed by atoms with van der Waals surface area (Å²) in [7, 11) is 3.58. The second-order valence-corrected chi connectivity index (χ2v) is 7.19. The highest BCUT2D eigenvalue weighted by Crippen LogP contribution is 2.57. The van der Waals surface area contributed by atoms with Gasteiger partial charge in [0.15, 0.2) is 0 Å². The molecule has 4 aliphatic carbocycles. The standard InChI is InChI=1S/C15H27N3O/c1-18(2)15(19)17-13(8-16)14-11-4-9-3-10(6-11)7-12(14)5-9/h9-14H,3-8,16H2,1-2H3,(H,17,19). The SMILES string of the molecule is CN(C)C(=O)NC(CN)C1C2CC3CC(C2)CC1C3. The molecule has 1 atom stereocenters. The average molecular weight is 265 g/mol. The number of urea groups is 1. The van der Waals surface area contributed by atoms with E-state index in [4.69, 9.17) is 5.73 Å². The predicted octanol–water partition coefficient (Wildman–Crippen LogP) is 1.66. The summed E-state index contributed by atoms with van der Waals surface area (Å²) in [5.41, 5.74) is 5.97. The fraction of sp³-hybridized carbons (Fsp3) is 0.933. The molecular formula is C15H27N3O. The Kier molecular flexibility index (Phi) is 3.46. The van der Waals surface area contributed by atoms with Crippen LogP contribution in [-0.2, 0) is 0 Å². The van der Waals surface area contributed by atoms with Gasteiger partial charge in [-0.25, -0.2) is 4.79 Å². The maximum atomic E-state index is 11.9. The van der Waals surface area contributed by atoms with Gasteiger partial charge in [0.25, 0.3) is 0 Å². The summed E-state index contributed by atoms with van der Waals surface area (Å²) >= 11 is 0. The number of hydrogen-bond donors (Lipinski definition) is 2. The number of carbonyl (C=O) groups excluding carboxylic acids is 1. The van der Waals surface area contributed by atoms with E-state index in [1.165, 1.54) is 32.1 Å². The van der Waals surface area contributed by atoms with E-state index >= 15 is 0 Å². The number of carbonyl (C=O) groups is 1. The lowest BCUT2D eigenvalue weighted by Crippen LogP contribution is -2.57. The van der Waals surface area contributed by atoms with Gasteiger partial charge in [-0.15, -0.1) is 0 Å². The van der Waals surface area contributed by atoms with Crippen molar-refractivity contribution in [3.63, 3.8) is 0 Å². The number of amides is 2. The highest BCUT2D eigenvalue weighted by molar-refractivity contribution is 5.73. The third kappa shape index (κ3) is 2.35. The largest absolute Gasteiger partial charge is 0.334 e. The van der Waals surface area contributed by atoms with E-state index in [1.54, 1.807) is 19.0 Å². The van der Waals surface area contributed by atoms with Crippen LogP contribution < -0.4 is 11.1 Å². The second kappa shape index (κ2) is 4.97. The molecule has 2 amide bonds. The van der Waals surface area contributed by atoms with Crippen LogP contribution >= 0.6 is 0 Å². The van der Waals surface area contributed by atoms with Gasteiger partial charge in [-0.05, 0) is 61.7 Å². The molecule has 4 saturated carbocycles. The van der Waals surface area contributed by atoms with Crippen molar-refractivity contribution in [2.75, 3.05) is 20.6 Å². The Morgan fingerprint density at radius 1 is 1.16 bits per heavy atom. The molecule has 3 N–H and O–H groups in total. The average Bonchev–Trinajstić information content (AvgIpc) is 2.35. The molecular weight excluding hydrogens is 238 g/mol. The minimum absolute atomic E-state index is 0.00394. The summed E-state index contributed by atoms with van der Waals surface area (Å²) in [5, 5.41) is 3.16. The third-order valence-corrected chi connectivity index (χ3v) is 5.73. The van der Waals surface area contributed by atoms with Crippen LogP contribution in [0, 0.1) is 29.6 Å². The third-order valence-electron chi connectivity index (χ3n) is 5.73. The van der Waals surface area contributed by atoms with Gasteiger partial charge < -0.3 is 16.0 Å². The Labute approximate surface area is 116 Å². The lowest BCUT2D eigenvalue weighted by Gasteiger charge is -2.56. The van der Waals surface area contributed by atoms with Gasteiger partial charge in [-0.3, -0.25) is 0 Å². The molecule has 19 heavy (non-hydrogen) atoms. The molecule has 4 nitrogen and oxygen atoms in total. The molecule has 0 aromatic heterocycles. The summed E-state index contributed by atoms with van der Waals surface area (Å²) in [6.45, 7) is 0.576. The van der Waals surface area contributed by atoms with Crippen molar-refractivity contribution in [1.82, 2.24) is 10.2 Å². The number of nitrogens with two attached hydrogens (primary N) is 1. The van der Waals surface area contributed by atoms with E-state index in [-0.39, 0.29) is 12.1 Å². The van der Waals surface area contributed by atoms with Crippen LogP contribution in [0.5, 0.6) is 0 Å².